The van der Waals surface area contributed by atoms with Crippen molar-refractivity contribution in [3.63, 3.8) is 0 Å². The second kappa shape index (κ2) is 4.73. The van der Waals surface area contributed by atoms with Gasteiger partial charge in [0.2, 0.25) is 0 Å². The summed E-state index contributed by atoms with van der Waals surface area (Å²) in [5.41, 5.74) is -0.844. The molecule has 0 spiro atoms. The molecule has 11 heavy (non-hydrogen) atoms. The van der Waals surface area contributed by atoms with E-state index in [1.807, 2.05) is 20.8 Å². The lowest BCUT2D eigenvalue weighted by molar-refractivity contribution is -0.0841. The highest BCUT2D eigenvalue weighted by molar-refractivity contribution is 4.83. The van der Waals surface area contributed by atoms with Crippen LogP contribution in [0.4, 0.5) is 0 Å². The van der Waals surface area contributed by atoms with Gasteiger partial charge in [-0.25, -0.2) is 0 Å². The molecule has 0 aliphatic rings. The van der Waals surface area contributed by atoms with Crippen LogP contribution in [0.15, 0.2) is 0 Å². The van der Waals surface area contributed by atoms with Crippen molar-refractivity contribution >= 4 is 0 Å². The maximum absolute atomic E-state index is 9.84. The summed E-state index contributed by atoms with van der Waals surface area (Å²) in [6.45, 7) is 5.82. The number of aliphatic hydroxyl groups excluding tert-OH is 1. The van der Waals surface area contributed by atoms with Gasteiger partial charge in [0.25, 0.3) is 0 Å². The molecular formula is C9H20O2. The summed E-state index contributed by atoms with van der Waals surface area (Å²) in [6.07, 6.45) is 2.31. The lowest BCUT2D eigenvalue weighted by Crippen LogP contribution is -2.41. The van der Waals surface area contributed by atoms with Gasteiger partial charge >= 0.3 is 0 Å². The summed E-state index contributed by atoms with van der Waals surface area (Å²) in [7, 11) is 0. The van der Waals surface area contributed by atoms with E-state index in [0.29, 0.717) is 19.3 Å². The normalized spacial score (nSPS) is 19.4. The molecule has 0 aromatic rings. The molecule has 0 amide bonds. The van der Waals surface area contributed by atoms with E-state index in [9.17, 15) is 10.2 Å². The van der Waals surface area contributed by atoms with Crippen molar-refractivity contribution < 1.29 is 10.2 Å². The smallest absolute Gasteiger partial charge is 0.0902 e. The summed E-state index contributed by atoms with van der Waals surface area (Å²) in [6, 6.07) is 0. The van der Waals surface area contributed by atoms with E-state index in [0.717, 1.165) is 6.42 Å². The van der Waals surface area contributed by atoms with Gasteiger partial charge in [-0.2, -0.15) is 0 Å². The van der Waals surface area contributed by atoms with Crippen LogP contribution in [-0.4, -0.2) is 21.9 Å². The van der Waals surface area contributed by atoms with Crippen LogP contribution in [0.3, 0.4) is 0 Å². The molecule has 2 heteroatoms. The molecule has 0 saturated carbocycles. The largest absolute Gasteiger partial charge is 0.390 e. The van der Waals surface area contributed by atoms with E-state index in [-0.39, 0.29) is 0 Å². The lowest BCUT2D eigenvalue weighted by atomic mass is 9.87. The van der Waals surface area contributed by atoms with E-state index < -0.39 is 11.7 Å². The van der Waals surface area contributed by atoms with Crippen molar-refractivity contribution in [1.82, 2.24) is 0 Å². The average Bonchev–Trinajstić information content (AvgIpc) is 2.03. The van der Waals surface area contributed by atoms with Crippen LogP contribution < -0.4 is 0 Å². The zero-order valence-electron chi connectivity index (χ0n) is 7.80. The van der Waals surface area contributed by atoms with Crippen molar-refractivity contribution in [1.29, 1.82) is 0 Å². The highest BCUT2D eigenvalue weighted by atomic mass is 16.3. The van der Waals surface area contributed by atoms with Crippen LogP contribution in [-0.2, 0) is 0 Å². The maximum Gasteiger partial charge on any atom is 0.0902 e. The third kappa shape index (κ3) is 2.80. The van der Waals surface area contributed by atoms with Crippen LogP contribution in [0.5, 0.6) is 0 Å². The summed E-state index contributed by atoms with van der Waals surface area (Å²) >= 11 is 0. The standard InChI is InChI=1S/C9H20O2/c1-4-7-9(11,6-3)8(10)5-2/h8,10-11H,4-7H2,1-3H3. The molecule has 68 valence electrons. The van der Waals surface area contributed by atoms with E-state index in [2.05, 4.69) is 0 Å². The molecule has 0 aromatic carbocycles. The summed E-state index contributed by atoms with van der Waals surface area (Å²) < 4.78 is 0. The Morgan fingerprint density at radius 2 is 1.82 bits per heavy atom. The number of hydrogen-bond donors (Lipinski definition) is 2. The number of aliphatic hydroxyl groups is 2. The maximum atomic E-state index is 9.84. The minimum Gasteiger partial charge on any atom is -0.390 e. The fraction of sp³-hybridized carbons (Fsp3) is 1.00. The van der Waals surface area contributed by atoms with Gasteiger partial charge in [-0.05, 0) is 19.3 Å². The molecule has 0 radical (unpaired) electrons. The van der Waals surface area contributed by atoms with E-state index in [4.69, 9.17) is 0 Å². The Balaban J connectivity index is 4.07. The minimum atomic E-state index is -0.844. The minimum absolute atomic E-state index is 0.563. The Labute approximate surface area is 69.2 Å². The molecule has 0 rings (SSSR count). The van der Waals surface area contributed by atoms with Gasteiger partial charge in [-0.15, -0.1) is 0 Å². The van der Waals surface area contributed by atoms with Crippen molar-refractivity contribution in [2.45, 2.75) is 58.2 Å². The first-order valence-corrected chi connectivity index (χ1v) is 4.51. The predicted molar refractivity (Wildman–Crippen MR) is 46.4 cm³/mol. The zero-order valence-corrected chi connectivity index (χ0v) is 7.80. The van der Waals surface area contributed by atoms with Gasteiger partial charge in [-0.3, -0.25) is 0 Å². The molecule has 0 aliphatic heterocycles. The van der Waals surface area contributed by atoms with Gasteiger partial charge in [-0.1, -0.05) is 27.2 Å². The molecule has 2 unspecified atom stereocenters. The van der Waals surface area contributed by atoms with Gasteiger partial charge in [0.05, 0.1) is 11.7 Å². The second-order valence-electron chi connectivity index (χ2n) is 3.13. The number of hydrogen-bond acceptors (Lipinski definition) is 2. The number of rotatable bonds is 5. The fourth-order valence-corrected chi connectivity index (χ4v) is 1.39. The van der Waals surface area contributed by atoms with Gasteiger partial charge in [0, 0.05) is 0 Å². The van der Waals surface area contributed by atoms with Gasteiger partial charge in [0.1, 0.15) is 0 Å². The molecule has 2 N–H and O–H groups in total. The van der Waals surface area contributed by atoms with E-state index in [1.165, 1.54) is 0 Å². The molecule has 2 nitrogen and oxygen atoms in total. The highest BCUT2D eigenvalue weighted by Crippen LogP contribution is 2.23. The van der Waals surface area contributed by atoms with Crippen LogP contribution in [0, 0.1) is 0 Å². The Morgan fingerprint density at radius 1 is 1.27 bits per heavy atom. The monoisotopic (exact) mass is 160 g/mol. The van der Waals surface area contributed by atoms with Crippen molar-refractivity contribution in [2.75, 3.05) is 0 Å². The molecule has 2 atom stereocenters. The molecule has 0 heterocycles. The van der Waals surface area contributed by atoms with Crippen LogP contribution in [0.1, 0.15) is 46.5 Å². The van der Waals surface area contributed by atoms with Gasteiger partial charge in [0.15, 0.2) is 0 Å². The second-order valence-corrected chi connectivity index (χ2v) is 3.13. The first-order chi connectivity index (χ1) is 5.10. The zero-order chi connectivity index (χ0) is 8.91. The molecule has 0 aliphatic carbocycles. The van der Waals surface area contributed by atoms with Crippen LogP contribution >= 0.6 is 0 Å². The topological polar surface area (TPSA) is 40.5 Å². The Morgan fingerprint density at radius 3 is 2.09 bits per heavy atom. The molecule has 0 fully saturated rings. The summed E-state index contributed by atoms with van der Waals surface area (Å²) in [5.74, 6) is 0. The average molecular weight is 160 g/mol. The molecule has 0 saturated heterocycles. The van der Waals surface area contributed by atoms with Crippen molar-refractivity contribution in [3.05, 3.63) is 0 Å². The Hall–Kier alpha value is -0.0800. The van der Waals surface area contributed by atoms with Crippen molar-refractivity contribution in [2.24, 2.45) is 0 Å². The SMILES string of the molecule is CCCC(O)(CC)C(O)CC. The fourth-order valence-electron chi connectivity index (χ4n) is 1.39. The summed E-state index contributed by atoms with van der Waals surface area (Å²) in [5, 5.41) is 19.3. The van der Waals surface area contributed by atoms with Crippen LogP contribution in [0.2, 0.25) is 0 Å². The first-order valence-electron chi connectivity index (χ1n) is 4.51. The van der Waals surface area contributed by atoms with Gasteiger partial charge < -0.3 is 10.2 Å². The molecular weight excluding hydrogens is 140 g/mol. The highest BCUT2D eigenvalue weighted by Gasteiger charge is 2.30. The van der Waals surface area contributed by atoms with Crippen LogP contribution in [0.25, 0.3) is 0 Å². The lowest BCUT2D eigenvalue weighted by Gasteiger charge is -2.31. The third-order valence-corrected chi connectivity index (χ3v) is 2.30. The molecule has 0 bridgehead atoms. The van der Waals surface area contributed by atoms with E-state index in [1.54, 1.807) is 0 Å². The van der Waals surface area contributed by atoms with Crippen molar-refractivity contribution in [3.8, 4) is 0 Å². The first kappa shape index (κ1) is 10.9. The molecule has 0 aromatic heterocycles. The Kier molecular flexibility index (Phi) is 4.69. The quantitative estimate of drug-likeness (QED) is 0.642. The van der Waals surface area contributed by atoms with E-state index >= 15 is 0 Å². The predicted octanol–water partition coefficient (Wildman–Crippen LogP) is 1.70. The summed E-state index contributed by atoms with van der Waals surface area (Å²) in [4.78, 5) is 0. The third-order valence-electron chi connectivity index (χ3n) is 2.30. The Bertz CT molecular complexity index is 104.